The highest BCUT2D eigenvalue weighted by Crippen LogP contribution is 2.28. The van der Waals surface area contributed by atoms with Gasteiger partial charge in [0.2, 0.25) is 0 Å². The fraction of sp³-hybridized carbons (Fsp3) is 0.200. The van der Waals surface area contributed by atoms with Crippen molar-refractivity contribution >= 4 is 33.3 Å². The van der Waals surface area contributed by atoms with Crippen molar-refractivity contribution in [2.75, 3.05) is 6.26 Å². The Bertz CT molecular complexity index is 834. The number of fused-ring (bicyclic) bond motifs is 1. The van der Waals surface area contributed by atoms with Crippen LogP contribution in [0.15, 0.2) is 40.3 Å². The molecular formula is C15H14N2OS2. The van der Waals surface area contributed by atoms with E-state index in [-0.39, 0.29) is 5.56 Å². The standard InChI is InChI=1S/C15H14N2OS2/c1-9-10(2)20-13-12(9)14(18)17(15(16-13)19-3)11-7-5-4-6-8-11/h4-8H,1-3H3. The summed E-state index contributed by atoms with van der Waals surface area (Å²) in [5.41, 5.74) is 1.92. The molecule has 3 aromatic rings. The lowest BCUT2D eigenvalue weighted by atomic mass is 10.2. The second-order valence-corrected chi connectivity index (χ2v) is 6.51. The second kappa shape index (κ2) is 5.07. The van der Waals surface area contributed by atoms with E-state index in [0.29, 0.717) is 0 Å². The highest BCUT2D eigenvalue weighted by Gasteiger charge is 2.16. The lowest BCUT2D eigenvalue weighted by Crippen LogP contribution is -2.21. The Balaban J connectivity index is 2.45. The quantitative estimate of drug-likeness (QED) is 0.533. The van der Waals surface area contributed by atoms with E-state index in [9.17, 15) is 4.79 Å². The molecule has 1 aromatic carbocycles. The third-order valence-electron chi connectivity index (χ3n) is 3.37. The van der Waals surface area contributed by atoms with Gasteiger partial charge in [0.25, 0.3) is 5.56 Å². The number of hydrogen-bond acceptors (Lipinski definition) is 4. The van der Waals surface area contributed by atoms with Crippen molar-refractivity contribution in [2.24, 2.45) is 0 Å². The molecular weight excluding hydrogens is 288 g/mol. The molecule has 0 spiro atoms. The maximum absolute atomic E-state index is 12.9. The Morgan fingerprint density at radius 1 is 1.20 bits per heavy atom. The van der Waals surface area contributed by atoms with Crippen molar-refractivity contribution < 1.29 is 0 Å². The predicted molar refractivity (Wildman–Crippen MR) is 86.5 cm³/mol. The number of para-hydroxylation sites is 1. The van der Waals surface area contributed by atoms with Crippen LogP contribution < -0.4 is 5.56 Å². The van der Waals surface area contributed by atoms with E-state index in [1.54, 1.807) is 15.9 Å². The number of aromatic nitrogens is 2. The molecule has 0 aliphatic heterocycles. The molecule has 0 aliphatic carbocycles. The van der Waals surface area contributed by atoms with Crippen LogP contribution in [0, 0.1) is 13.8 Å². The summed E-state index contributed by atoms with van der Waals surface area (Å²) in [7, 11) is 0. The van der Waals surface area contributed by atoms with Gasteiger partial charge < -0.3 is 0 Å². The lowest BCUT2D eigenvalue weighted by molar-refractivity contribution is 0.824. The van der Waals surface area contributed by atoms with Crippen LogP contribution in [-0.2, 0) is 0 Å². The van der Waals surface area contributed by atoms with Crippen LogP contribution in [0.4, 0.5) is 0 Å². The Hall–Kier alpha value is -1.59. The topological polar surface area (TPSA) is 34.9 Å². The van der Waals surface area contributed by atoms with Crippen molar-refractivity contribution in [1.82, 2.24) is 9.55 Å². The van der Waals surface area contributed by atoms with Gasteiger partial charge in [-0.25, -0.2) is 4.98 Å². The Morgan fingerprint density at radius 2 is 1.90 bits per heavy atom. The average Bonchev–Trinajstić information content (AvgIpc) is 2.75. The summed E-state index contributed by atoms with van der Waals surface area (Å²) in [5.74, 6) is 0. The highest BCUT2D eigenvalue weighted by molar-refractivity contribution is 7.98. The average molecular weight is 302 g/mol. The molecule has 0 unspecified atom stereocenters. The zero-order valence-electron chi connectivity index (χ0n) is 11.5. The third-order valence-corrected chi connectivity index (χ3v) is 5.11. The van der Waals surface area contributed by atoms with Crippen molar-refractivity contribution in [3.05, 3.63) is 51.1 Å². The smallest absolute Gasteiger partial charge is 0.267 e. The molecule has 0 bridgehead atoms. The summed E-state index contributed by atoms with van der Waals surface area (Å²) in [4.78, 5) is 19.5. The van der Waals surface area contributed by atoms with Gasteiger partial charge >= 0.3 is 0 Å². The van der Waals surface area contributed by atoms with Crippen LogP contribution >= 0.6 is 23.1 Å². The molecule has 0 radical (unpaired) electrons. The van der Waals surface area contributed by atoms with E-state index >= 15 is 0 Å². The molecule has 0 amide bonds. The molecule has 0 saturated heterocycles. The van der Waals surface area contributed by atoms with Gasteiger partial charge in [-0.2, -0.15) is 0 Å². The van der Waals surface area contributed by atoms with Crippen LogP contribution in [-0.4, -0.2) is 15.8 Å². The van der Waals surface area contributed by atoms with Gasteiger partial charge in [-0.1, -0.05) is 30.0 Å². The van der Waals surface area contributed by atoms with Crippen LogP contribution in [0.25, 0.3) is 15.9 Å². The van der Waals surface area contributed by atoms with Crippen LogP contribution in [0.2, 0.25) is 0 Å². The zero-order chi connectivity index (χ0) is 14.3. The largest absolute Gasteiger partial charge is 0.268 e. The van der Waals surface area contributed by atoms with Crippen LogP contribution in [0.5, 0.6) is 0 Å². The molecule has 0 saturated carbocycles. The molecule has 0 fully saturated rings. The monoisotopic (exact) mass is 302 g/mol. The number of thioether (sulfide) groups is 1. The SMILES string of the molecule is CSc1nc2sc(C)c(C)c2c(=O)n1-c1ccccc1. The molecule has 0 aliphatic rings. The molecule has 2 heterocycles. The first kappa shape index (κ1) is 13.4. The van der Waals surface area contributed by atoms with E-state index in [0.717, 1.165) is 31.5 Å². The van der Waals surface area contributed by atoms with Gasteiger partial charge in [0.1, 0.15) is 4.83 Å². The maximum Gasteiger partial charge on any atom is 0.267 e. The zero-order valence-corrected chi connectivity index (χ0v) is 13.1. The van der Waals surface area contributed by atoms with E-state index in [2.05, 4.69) is 4.98 Å². The van der Waals surface area contributed by atoms with Gasteiger partial charge in [-0.15, -0.1) is 11.3 Å². The Morgan fingerprint density at radius 3 is 2.55 bits per heavy atom. The molecule has 20 heavy (non-hydrogen) atoms. The number of thiophene rings is 1. The first-order valence-corrected chi connectivity index (χ1v) is 8.29. The van der Waals surface area contributed by atoms with E-state index < -0.39 is 0 Å². The van der Waals surface area contributed by atoms with Crippen molar-refractivity contribution in [3.63, 3.8) is 0 Å². The van der Waals surface area contributed by atoms with Crippen molar-refractivity contribution in [3.8, 4) is 5.69 Å². The number of nitrogens with zero attached hydrogens (tertiary/aromatic N) is 2. The normalized spacial score (nSPS) is 11.2. The first-order chi connectivity index (χ1) is 9.63. The first-order valence-electron chi connectivity index (χ1n) is 6.25. The minimum atomic E-state index is 0.0207. The fourth-order valence-corrected chi connectivity index (χ4v) is 3.85. The number of aryl methyl sites for hydroxylation is 2. The molecule has 3 rings (SSSR count). The Labute approximate surface area is 125 Å². The third kappa shape index (κ3) is 1.98. The maximum atomic E-state index is 12.9. The molecule has 3 nitrogen and oxygen atoms in total. The molecule has 2 aromatic heterocycles. The van der Waals surface area contributed by atoms with E-state index in [1.807, 2.05) is 50.4 Å². The summed E-state index contributed by atoms with van der Waals surface area (Å²) in [6, 6.07) is 9.68. The molecule has 5 heteroatoms. The highest BCUT2D eigenvalue weighted by atomic mass is 32.2. The van der Waals surface area contributed by atoms with E-state index in [4.69, 9.17) is 0 Å². The summed E-state index contributed by atoms with van der Waals surface area (Å²) < 4.78 is 1.70. The second-order valence-electron chi connectivity index (χ2n) is 4.54. The molecule has 0 N–H and O–H groups in total. The minimum Gasteiger partial charge on any atom is -0.268 e. The van der Waals surface area contributed by atoms with Crippen molar-refractivity contribution in [2.45, 2.75) is 19.0 Å². The van der Waals surface area contributed by atoms with Gasteiger partial charge in [-0.05, 0) is 37.8 Å². The number of benzene rings is 1. The number of rotatable bonds is 2. The summed E-state index contributed by atoms with van der Waals surface area (Å²) in [6.45, 7) is 4.03. The van der Waals surface area contributed by atoms with Gasteiger partial charge in [0.15, 0.2) is 5.16 Å². The number of hydrogen-bond donors (Lipinski definition) is 0. The fourth-order valence-electron chi connectivity index (χ4n) is 2.22. The summed E-state index contributed by atoms with van der Waals surface area (Å²) in [5, 5.41) is 1.48. The summed E-state index contributed by atoms with van der Waals surface area (Å²) in [6.07, 6.45) is 1.94. The predicted octanol–water partition coefficient (Wildman–Crippen LogP) is 3.79. The van der Waals surface area contributed by atoms with Crippen molar-refractivity contribution in [1.29, 1.82) is 0 Å². The summed E-state index contributed by atoms with van der Waals surface area (Å²) >= 11 is 3.08. The molecule has 0 atom stereocenters. The molecule has 102 valence electrons. The van der Waals surface area contributed by atoms with E-state index in [1.165, 1.54) is 11.8 Å². The van der Waals surface area contributed by atoms with Crippen LogP contribution in [0.3, 0.4) is 0 Å². The Kier molecular flexibility index (Phi) is 3.40. The van der Waals surface area contributed by atoms with Crippen LogP contribution in [0.1, 0.15) is 10.4 Å². The van der Waals surface area contributed by atoms with Gasteiger partial charge in [0.05, 0.1) is 11.1 Å². The van der Waals surface area contributed by atoms with Gasteiger partial charge in [-0.3, -0.25) is 9.36 Å². The van der Waals surface area contributed by atoms with Gasteiger partial charge in [0, 0.05) is 4.88 Å². The lowest BCUT2D eigenvalue weighted by Gasteiger charge is -2.10. The minimum absolute atomic E-state index is 0.0207.